The van der Waals surface area contributed by atoms with Crippen molar-refractivity contribution in [2.45, 2.75) is 43.4 Å². The Hall–Kier alpha value is -2.73. The fourth-order valence-corrected chi connectivity index (χ4v) is 3.89. The van der Waals surface area contributed by atoms with E-state index in [2.05, 4.69) is 22.6 Å². The van der Waals surface area contributed by atoms with Gasteiger partial charge in [-0.25, -0.2) is 0 Å². The normalized spacial score (nSPS) is 11.8. The highest BCUT2D eigenvalue weighted by molar-refractivity contribution is 7.98. The van der Waals surface area contributed by atoms with Gasteiger partial charge < -0.3 is 14.6 Å². The number of carbonyl (C=O) groups is 1. The molecule has 0 aliphatic rings. The number of thioether (sulfide) groups is 1. The van der Waals surface area contributed by atoms with E-state index in [1.165, 1.54) is 5.56 Å². The molecule has 29 heavy (non-hydrogen) atoms. The maximum Gasteiger partial charge on any atom is 0.252 e. The van der Waals surface area contributed by atoms with Crippen LogP contribution in [0.4, 0.5) is 0 Å². The van der Waals surface area contributed by atoms with E-state index in [1.807, 2.05) is 56.3 Å². The number of aromatic nitrogens is 1. The molecule has 0 fully saturated rings. The molecule has 6 heteroatoms. The average molecular weight is 411 g/mol. The number of nitrogens with one attached hydrogen (secondary N) is 1. The predicted octanol–water partition coefficient (Wildman–Crippen LogP) is 5.04. The predicted molar refractivity (Wildman–Crippen MR) is 115 cm³/mol. The second-order valence-corrected chi connectivity index (χ2v) is 8.00. The molecule has 0 aliphatic carbocycles. The number of benzene rings is 2. The topological polar surface area (TPSA) is 64.4 Å². The maximum atomic E-state index is 12.8. The zero-order valence-electron chi connectivity index (χ0n) is 17.0. The lowest BCUT2D eigenvalue weighted by Crippen LogP contribution is -2.33. The molecule has 0 saturated heterocycles. The minimum atomic E-state index is -0.0518. The van der Waals surface area contributed by atoms with E-state index in [0.717, 1.165) is 34.9 Å². The van der Waals surface area contributed by atoms with Crippen molar-refractivity contribution < 1.29 is 14.1 Å². The van der Waals surface area contributed by atoms with Gasteiger partial charge in [-0.1, -0.05) is 29.4 Å². The Morgan fingerprint density at radius 2 is 1.97 bits per heavy atom. The molecule has 0 spiro atoms. The number of hydrogen-bond donors (Lipinski definition) is 1. The van der Waals surface area contributed by atoms with Crippen LogP contribution < -0.4 is 10.1 Å². The third-order valence-corrected chi connectivity index (χ3v) is 5.68. The molecule has 1 aromatic heterocycles. The van der Waals surface area contributed by atoms with E-state index in [4.69, 9.17) is 9.26 Å². The first-order chi connectivity index (χ1) is 14.0. The summed E-state index contributed by atoms with van der Waals surface area (Å²) in [4.78, 5) is 13.7. The van der Waals surface area contributed by atoms with Gasteiger partial charge in [0.25, 0.3) is 5.91 Å². The van der Waals surface area contributed by atoms with Crippen molar-refractivity contribution >= 4 is 17.7 Å². The van der Waals surface area contributed by atoms with Crippen LogP contribution in [0.5, 0.6) is 5.75 Å². The van der Waals surface area contributed by atoms with Gasteiger partial charge in [0, 0.05) is 17.0 Å². The Labute approximate surface area is 175 Å². The summed E-state index contributed by atoms with van der Waals surface area (Å²) in [6.45, 7) is 3.93. The molecule has 1 heterocycles. The van der Waals surface area contributed by atoms with Crippen LogP contribution >= 0.6 is 11.8 Å². The van der Waals surface area contributed by atoms with Crippen molar-refractivity contribution in [1.82, 2.24) is 10.5 Å². The van der Waals surface area contributed by atoms with Gasteiger partial charge >= 0.3 is 0 Å². The molecule has 5 nitrogen and oxygen atoms in total. The summed E-state index contributed by atoms with van der Waals surface area (Å²) in [5, 5.41) is 7.03. The maximum absolute atomic E-state index is 12.8. The molecular formula is C23H26N2O3S. The Bertz CT molecular complexity index is 937. The van der Waals surface area contributed by atoms with Crippen molar-refractivity contribution in [1.29, 1.82) is 0 Å². The Morgan fingerprint density at radius 1 is 1.21 bits per heavy atom. The van der Waals surface area contributed by atoms with E-state index in [9.17, 15) is 4.79 Å². The molecule has 2 aromatic carbocycles. The molecule has 0 radical (unpaired) electrons. The lowest BCUT2D eigenvalue weighted by atomic mass is 10.1. The van der Waals surface area contributed by atoms with Gasteiger partial charge in [-0.3, -0.25) is 4.79 Å². The highest BCUT2D eigenvalue weighted by Gasteiger charge is 2.15. The zero-order valence-corrected chi connectivity index (χ0v) is 17.8. The smallest absolute Gasteiger partial charge is 0.252 e. The van der Waals surface area contributed by atoms with Gasteiger partial charge in [0.05, 0.1) is 24.1 Å². The number of amides is 1. The van der Waals surface area contributed by atoms with Gasteiger partial charge in [-0.05, 0) is 56.5 Å². The SMILES string of the molecule is COc1ccc(CCC(C)NC(=O)c2ccccc2SCc2cc(C)no2)cc1. The highest BCUT2D eigenvalue weighted by Crippen LogP contribution is 2.26. The number of hydrogen-bond acceptors (Lipinski definition) is 5. The van der Waals surface area contributed by atoms with E-state index in [0.29, 0.717) is 11.3 Å². The molecule has 3 rings (SSSR count). The molecule has 0 saturated carbocycles. The summed E-state index contributed by atoms with van der Waals surface area (Å²) in [6, 6.07) is 17.7. The first kappa shape index (κ1) is 21.0. The van der Waals surface area contributed by atoms with Crippen LogP contribution in [0.2, 0.25) is 0 Å². The summed E-state index contributed by atoms with van der Waals surface area (Å²) in [7, 11) is 1.66. The Balaban J connectivity index is 1.55. The van der Waals surface area contributed by atoms with Crippen LogP contribution in [-0.4, -0.2) is 24.2 Å². The minimum absolute atomic E-state index is 0.0518. The second-order valence-electron chi connectivity index (χ2n) is 6.98. The average Bonchev–Trinajstić information content (AvgIpc) is 3.16. The van der Waals surface area contributed by atoms with Crippen molar-refractivity contribution in [2.75, 3.05) is 7.11 Å². The third-order valence-electron chi connectivity index (χ3n) is 4.58. The van der Waals surface area contributed by atoms with E-state index in [-0.39, 0.29) is 11.9 Å². The van der Waals surface area contributed by atoms with Crippen LogP contribution in [0, 0.1) is 6.92 Å². The molecule has 1 amide bonds. The Morgan fingerprint density at radius 3 is 2.66 bits per heavy atom. The molecule has 0 aliphatic heterocycles. The molecule has 1 atom stereocenters. The van der Waals surface area contributed by atoms with Crippen LogP contribution in [0.25, 0.3) is 0 Å². The van der Waals surface area contributed by atoms with E-state index >= 15 is 0 Å². The van der Waals surface area contributed by atoms with Crippen molar-refractivity contribution in [3.63, 3.8) is 0 Å². The second kappa shape index (κ2) is 10.2. The number of rotatable bonds is 9. The zero-order chi connectivity index (χ0) is 20.6. The van der Waals surface area contributed by atoms with Gasteiger partial charge in [0.1, 0.15) is 11.5 Å². The number of nitrogens with zero attached hydrogens (tertiary/aromatic N) is 1. The van der Waals surface area contributed by atoms with Crippen molar-refractivity contribution in [3.8, 4) is 5.75 Å². The van der Waals surface area contributed by atoms with Gasteiger partial charge in [-0.2, -0.15) is 0 Å². The van der Waals surface area contributed by atoms with Crippen molar-refractivity contribution in [3.05, 3.63) is 77.2 Å². The van der Waals surface area contributed by atoms with Crippen molar-refractivity contribution in [2.24, 2.45) is 0 Å². The van der Waals surface area contributed by atoms with Crippen LogP contribution in [0.1, 0.15) is 40.7 Å². The molecular weight excluding hydrogens is 384 g/mol. The Kier molecular flexibility index (Phi) is 7.36. The fourth-order valence-electron chi connectivity index (χ4n) is 2.96. The van der Waals surface area contributed by atoms with Gasteiger partial charge in [-0.15, -0.1) is 11.8 Å². The molecule has 3 aromatic rings. The molecule has 1 unspecified atom stereocenters. The summed E-state index contributed by atoms with van der Waals surface area (Å²) in [5.74, 6) is 2.24. The lowest BCUT2D eigenvalue weighted by Gasteiger charge is -2.15. The third kappa shape index (κ3) is 6.12. The largest absolute Gasteiger partial charge is 0.497 e. The summed E-state index contributed by atoms with van der Waals surface area (Å²) >= 11 is 1.58. The summed E-state index contributed by atoms with van der Waals surface area (Å²) in [6.07, 6.45) is 1.76. The first-order valence-corrected chi connectivity index (χ1v) is 10.6. The highest BCUT2D eigenvalue weighted by atomic mass is 32.2. The number of aryl methyl sites for hydroxylation is 2. The summed E-state index contributed by atoms with van der Waals surface area (Å²) < 4.78 is 10.4. The quantitative estimate of drug-likeness (QED) is 0.501. The molecule has 0 bridgehead atoms. The minimum Gasteiger partial charge on any atom is -0.497 e. The lowest BCUT2D eigenvalue weighted by molar-refractivity contribution is 0.0935. The molecule has 1 N–H and O–H groups in total. The van der Waals surface area contributed by atoms with E-state index in [1.54, 1.807) is 18.9 Å². The van der Waals surface area contributed by atoms with Gasteiger partial charge in [0.15, 0.2) is 0 Å². The summed E-state index contributed by atoms with van der Waals surface area (Å²) in [5.41, 5.74) is 2.77. The number of methoxy groups -OCH3 is 1. The van der Waals surface area contributed by atoms with Gasteiger partial charge in [0.2, 0.25) is 0 Å². The monoisotopic (exact) mass is 410 g/mol. The fraction of sp³-hybridized carbons (Fsp3) is 0.304. The van der Waals surface area contributed by atoms with E-state index < -0.39 is 0 Å². The van der Waals surface area contributed by atoms with Crippen LogP contribution in [-0.2, 0) is 12.2 Å². The van der Waals surface area contributed by atoms with Crippen LogP contribution in [0.3, 0.4) is 0 Å². The standard InChI is InChI=1S/C23H26N2O3S/c1-16(8-9-18-10-12-19(27-3)13-11-18)24-23(26)21-6-4-5-7-22(21)29-15-20-14-17(2)25-28-20/h4-7,10-14,16H,8-9,15H2,1-3H3,(H,24,26). The number of carbonyl (C=O) groups excluding carboxylic acids is 1. The van der Waals surface area contributed by atoms with Crippen LogP contribution in [0.15, 0.2) is 64.0 Å². The number of ether oxygens (including phenoxy) is 1. The molecule has 152 valence electrons. The first-order valence-electron chi connectivity index (χ1n) is 9.63.